The third kappa shape index (κ3) is 0.396. The summed E-state index contributed by atoms with van der Waals surface area (Å²) >= 11 is 0. The molecule has 0 N–H and O–H groups in total. The van der Waals surface area contributed by atoms with Gasteiger partial charge in [0.1, 0.15) is 5.78 Å². The summed E-state index contributed by atoms with van der Waals surface area (Å²) in [4.78, 5) is 10.6. The molecule has 8 heavy (non-hydrogen) atoms. The molecule has 0 spiro atoms. The number of hydrogen-bond donors (Lipinski definition) is 0. The van der Waals surface area contributed by atoms with E-state index >= 15 is 0 Å². The van der Waals surface area contributed by atoms with Crippen LogP contribution < -0.4 is 0 Å². The minimum atomic E-state index is 0.498. The summed E-state index contributed by atoms with van der Waals surface area (Å²) in [5, 5.41) is 0. The average Bonchev–Trinajstić information content (AvgIpc) is 2.29. The lowest BCUT2D eigenvalue weighted by Gasteiger charge is -1.90. The molecule has 2 rings (SSSR count). The molecule has 44 valence electrons. The van der Waals surface area contributed by atoms with Crippen molar-refractivity contribution in [3.8, 4) is 0 Å². The van der Waals surface area contributed by atoms with Gasteiger partial charge in [-0.25, -0.2) is 0 Å². The number of hydrogen-bond acceptors (Lipinski definition) is 1. The molecule has 0 saturated heterocycles. The normalized spacial score (nSPS) is 51.6. The van der Waals surface area contributed by atoms with Gasteiger partial charge in [-0.05, 0) is 17.8 Å². The Labute approximate surface area is 49.1 Å². The highest BCUT2D eigenvalue weighted by Gasteiger charge is 2.52. The molecule has 0 aliphatic heterocycles. The van der Waals surface area contributed by atoms with Gasteiger partial charge in [-0.1, -0.05) is 6.92 Å². The molecule has 2 saturated carbocycles. The Morgan fingerprint density at radius 2 is 1.88 bits per heavy atom. The van der Waals surface area contributed by atoms with Crippen molar-refractivity contribution >= 4 is 5.78 Å². The largest absolute Gasteiger partial charge is 0.300 e. The van der Waals surface area contributed by atoms with Gasteiger partial charge in [0.15, 0.2) is 0 Å². The summed E-state index contributed by atoms with van der Waals surface area (Å²) in [7, 11) is 0. The van der Waals surface area contributed by atoms with Crippen LogP contribution in [0.2, 0.25) is 0 Å². The van der Waals surface area contributed by atoms with Gasteiger partial charge in [-0.2, -0.15) is 0 Å². The van der Waals surface area contributed by atoms with Crippen LogP contribution in [0.15, 0.2) is 0 Å². The van der Waals surface area contributed by atoms with E-state index < -0.39 is 0 Å². The smallest absolute Gasteiger partial charge is 0.133 e. The molecule has 0 unspecified atom stereocenters. The van der Waals surface area contributed by atoms with Crippen molar-refractivity contribution in [1.29, 1.82) is 0 Å². The van der Waals surface area contributed by atoms with Gasteiger partial charge in [0, 0.05) is 12.8 Å². The van der Waals surface area contributed by atoms with E-state index in [0.29, 0.717) is 5.78 Å². The minimum Gasteiger partial charge on any atom is -0.300 e. The van der Waals surface area contributed by atoms with Gasteiger partial charge in [0.05, 0.1) is 0 Å². The maximum Gasteiger partial charge on any atom is 0.133 e. The average molecular weight is 110 g/mol. The number of rotatable bonds is 0. The molecular weight excluding hydrogens is 100 g/mol. The molecule has 3 atom stereocenters. The first kappa shape index (κ1) is 4.54. The van der Waals surface area contributed by atoms with Gasteiger partial charge in [-0.15, -0.1) is 0 Å². The van der Waals surface area contributed by atoms with E-state index in [1.165, 1.54) is 0 Å². The van der Waals surface area contributed by atoms with E-state index in [4.69, 9.17) is 0 Å². The zero-order chi connectivity index (χ0) is 5.72. The van der Waals surface area contributed by atoms with Crippen LogP contribution >= 0.6 is 0 Å². The van der Waals surface area contributed by atoms with Crippen LogP contribution in [0.4, 0.5) is 0 Å². The summed E-state index contributed by atoms with van der Waals surface area (Å²) < 4.78 is 0. The van der Waals surface area contributed by atoms with Gasteiger partial charge < -0.3 is 0 Å². The molecule has 0 heterocycles. The van der Waals surface area contributed by atoms with Crippen LogP contribution in [0, 0.1) is 17.8 Å². The molecule has 1 nitrogen and oxygen atoms in total. The molecule has 1 heteroatoms. The van der Waals surface area contributed by atoms with Crippen molar-refractivity contribution in [2.24, 2.45) is 17.8 Å². The fourth-order valence-electron chi connectivity index (χ4n) is 1.92. The van der Waals surface area contributed by atoms with Gasteiger partial charge >= 0.3 is 0 Å². The fourth-order valence-corrected chi connectivity index (χ4v) is 1.92. The SMILES string of the molecule is C[C@H]1[C@H]2CC(=O)C[C@@H]12. The lowest BCUT2D eigenvalue weighted by Crippen LogP contribution is -1.94. The van der Waals surface area contributed by atoms with Crippen LogP contribution in [0.3, 0.4) is 0 Å². The van der Waals surface area contributed by atoms with Crippen LogP contribution in [-0.2, 0) is 4.79 Å². The first-order valence-corrected chi connectivity index (χ1v) is 3.31. The van der Waals surface area contributed by atoms with Gasteiger partial charge in [0.25, 0.3) is 0 Å². The zero-order valence-corrected chi connectivity index (χ0v) is 5.05. The zero-order valence-electron chi connectivity index (χ0n) is 5.05. The molecule has 2 aliphatic rings. The Kier molecular flexibility index (Phi) is 0.651. The second-order valence-corrected chi connectivity index (χ2v) is 3.13. The van der Waals surface area contributed by atoms with E-state index in [2.05, 4.69) is 6.92 Å². The molecule has 0 aromatic heterocycles. The number of ketones is 1. The first-order valence-electron chi connectivity index (χ1n) is 3.31. The molecule has 0 aromatic rings. The number of Topliss-reactive ketones (excluding diaryl/α,β-unsaturated/α-hetero) is 1. The van der Waals surface area contributed by atoms with Crippen molar-refractivity contribution in [3.05, 3.63) is 0 Å². The molecule has 2 aliphatic carbocycles. The summed E-state index contributed by atoms with van der Waals surface area (Å²) in [6, 6.07) is 0. The summed E-state index contributed by atoms with van der Waals surface area (Å²) in [5.74, 6) is 3.00. The molecule has 2 fully saturated rings. The third-order valence-electron chi connectivity index (χ3n) is 2.69. The van der Waals surface area contributed by atoms with Gasteiger partial charge in [0.2, 0.25) is 0 Å². The van der Waals surface area contributed by atoms with E-state index in [9.17, 15) is 4.79 Å². The molecule has 0 bridgehead atoms. The third-order valence-corrected chi connectivity index (χ3v) is 2.69. The lowest BCUT2D eigenvalue weighted by molar-refractivity contribution is -0.118. The maximum absolute atomic E-state index is 10.6. The highest BCUT2D eigenvalue weighted by molar-refractivity contribution is 5.82. The standard InChI is InChI=1S/C7H10O/c1-4-6-2-5(8)3-7(4)6/h4,6-7H,2-3H2,1H3/t4-,6+,7-. The predicted octanol–water partition coefficient (Wildman–Crippen LogP) is 1.23. The molecule has 0 amide bonds. The Hall–Kier alpha value is -0.330. The van der Waals surface area contributed by atoms with Crippen molar-refractivity contribution in [3.63, 3.8) is 0 Å². The van der Waals surface area contributed by atoms with Crippen LogP contribution in [0.25, 0.3) is 0 Å². The van der Waals surface area contributed by atoms with E-state index in [-0.39, 0.29) is 0 Å². The fraction of sp³-hybridized carbons (Fsp3) is 0.857. The van der Waals surface area contributed by atoms with Crippen molar-refractivity contribution < 1.29 is 4.79 Å². The van der Waals surface area contributed by atoms with E-state index in [0.717, 1.165) is 30.6 Å². The van der Waals surface area contributed by atoms with Gasteiger partial charge in [-0.3, -0.25) is 4.79 Å². The minimum absolute atomic E-state index is 0.498. The Bertz CT molecular complexity index is 125. The maximum atomic E-state index is 10.6. The lowest BCUT2D eigenvalue weighted by atomic mass is 10.1. The highest BCUT2D eigenvalue weighted by atomic mass is 16.1. The Morgan fingerprint density at radius 1 is 1.38 bits per heavy atom. The Balaban J connectivity index is 2.09. The van der Waals surface area contributed by atoms with Crippen molar-refractivity contribution in [2.75, 3.05) is 0 Å². The monoisotopic (exact) mass is 110 g/mol. The van der Waals surface area contributed by atoms with Crippen molar-refractivity contribution in [2.45, 2.75) is 19.8 Å². The Morgan fingerprint density at radius 3 is 2.25 bits per heavy atom. The second-order valence-electron chi connectivity index (χ2n) is 3.13. The summed E-state index contributed by atoms with van der Waals surface area (Å²) in [6.07, 6.45) is 1.79. The van der Waals surface area contributed by atoms with Crippen LogP contribution in [0.5, 0.6) is 0 Å². The highest BCUT2D eigenvalue weighted by Crippen LogP contribution is 2.55. The van der Waals surface area contributed by atoms with Crippen LogP contribution in [-0.4, -0.2) is 5.78 Å². The number of fused-ring (bicyclic) bond motifs is 1. The predicted molar refractivity (Wildman–Crippen MR) is 30.4 cm³/mol. The van der Waals surface area contributed by atoms with Crippen molar-refractivity contribution in [1.82, 2.24) is 0 Å². The van der Waals surface area contributed by atoms with E-state index in [1.54, 1.807) is 0 Å². The number of carbonyl (C=O) groups is 1. The summed E-state index contributed by atoms with van der Waals surface area (Å²) in [5.41, 5.74) is 0. The topological polar surface area (TPSA) is 17.1 Å². The molecular formula is C7H10O. The second kappa shape index (κ2) is 1.15. The molecule has 0 aromatic carbocycles. The van der Waals surface area contributed by atoms with Crippen LogP contribution in [0.1, 0.15) is 19.8 Å². The van der Waals surface area contributed by atoms with E-state index in [1.807, 2.05) is 0 Å². The number of carbonyl (C=O) groups excluding carboxylic acids is 1. The summed E-state index contributed by atoms with van der Waals surface area (Å²) in [6.45, 7) is 2.25. The quantitative estimate of drug-likeness (QED) is 0.458. The molecule has 0 radical (unpaired) electrons. The first-order chi connectivity index (χ1) is 3.79.